The van der Waals surface area contributed by atoms with Gasteiger partial charge in [0.1, 0.15) is 18.9 Å². The SMILES string of the molecule is NC(=O)CN(CC(N)=O)C(=O)/C=C/c1cn(-c2ccccc2)nc1-c1ccc(F)cc1. The Morgan fingerprint density at radius 2 is 1.58 bits per heavy atom. The van der Waals surface area contributed by atoms with Crippen LogP contribution in [0.25, 0.3) is 23.0 Å². The molecule has 0 fully saturated rings. The molecule has 0 aliphatic carbocycles. The number of para-hydroxylation sites is 1. The molecule has 0 saturated carbocycles. The first-order chi connectivity index (χ1) is 14.8. The maximum atomic E-state index is 13.4. The number of carbonyl (C=O) groups excluding carboxylic acids is 3. The summed E-state index contributed by atoms with van der Waals surface area (Å²) < 4.78 is 15.0. The fraction of sp³-hybridized carbons (Fsp3) is 0.0909. The lowest BCUT2D eigenvalue weighted by Crippen LogP contribution is -2.42. The lowest BCUT2D eigenvalue weighted by Gasteiger charge is -2.17. The average molecular weight is 421 g/mol. The van der Waals surface area contributed by atoms with E-state index in [1.165, 1.54) is 24.3 Å². The summed E-state index contributed by atoms with van der Waals surface area (Å²) in [6.07, 6.45) is 4.41. The van der Waals surface area contributed by atoms with Gasteiger partial charge in [0, 0.05) is 23.4 Å². The predicted octanol–water partition coefficient (Wildman–Crippen LogP) is 1.49. The van der Waals surface area contributed by atoms with Gasteiger partial charge in [0.15, 0.2) is 0 Å². The smallest absolute Gasteiger partial charge is 0.247 e. The maximum absolute atomic E-state index is 13.4. The van der Waals surface area contributed by atoms with Gasteiger partial charge < -0.3 is 16.4 Å². The van der Waals surface area contributed by atoms with Crippen molar-refractivity contribution in [3.05, 3.63) is 78.3 Å². The van der Waals surface area contributed by atoms with E-state index in [1.807, 2.05) is 30.3 Å². The van der Waals surface area contributed by atoms with E-state index in [0.29, 0.717) is 16.8 Å². The number of carbonyl (C=O) groups is 3. The topological polar surface area (TPSA) is 124 Å². The monoisotopic (exact) mass is 421 g/mol. The van der Waals surface area contributed by atoms with Gasteiger partial charge >= 0.3 is 0 Å². The van der Waals surface area contributed by atoms with Crippen LogP contribution in [0.1, 0.15) is 5.56 Å². The number of halogens is 1. The molecule has 0 spiro atoms. The minimum atomic E-state index is -0.771. The summed E-state index contributed by atoms with van der Waals surface area (Å²) in [7, 11) is 0. The Kier molecular flexibility index (Phi) is 6.56. The minimum Gasteiger partial charge on any atom is -0.368 e. The van der Waals surface area contributed by atoms with Crippen molar-refractivity contribution in [2.24, 2.45) is 11.5 Å². The van der Waals surface area contributed by atoms with Gasteiger partial charge in [0.2, 0.25) is 17.7 Å². The van der Waals surface area contributed by atoms with Gasteiger partial charge in [-0.05, 0) is 42.5 Å². The van der Waals surface area contributed by atoms with E-state index in [0.717, 1.165) is 10.6 Å². The van der Waals surface area contributed by atoms with Crippen LogP contribution in [0.15, 0.2) is 66.9 Å². The number of benzene rings is 2. The first-order valence-corrected chi connectivity index (χ1v) is 9.28. The molecule has 8 nitrogen and oxygen atoms in total. The normalized spacial score (nSPS) is 10.9. The molecule has 2 aromatic carbocycles. The first-order valence-electron chi connectivity index (χ1n) is 9.28. The van der Waals surface area contributed by atoms with Crippen LogP contribution in [0.2, 0.25) is 0 Å². The Hall–Kier alpha value is -4.27. The van der Waals surface area contributed by atoms with Crippen LogP contribution in [0.4, 0.5) is 4.39 Å². The number of nitrogens with two attached hydrogens (primary N) is 2. The number of nitrogens with zero attached hydrogens (tertiary/aromatic N) is 3. The van der Waals surface area contributed by atoms with E-state index < -0.39 is 30.8 Å². The van der Waals surface area contributed by atoms with Gasteiger partial charge in [-0.25, -0.2) is 9.07 Å². The zero-order valence-electron chi connectivity index (χ0n) is 16.4. The van der Waals surface area contributed by atoms with Crippen LogP contribution in [0.5, 0.6) is 0 Å². The zero-order chi connectivity index (χ0) is 22.4. The van der Waals surface area contributed by atoms with Gasteiger partial charge in [-0.1, -0.05) is 18.2 Å². The predicted molar refractivity (Wildman–Crippen MR) is 113 cm³/mol. The molecule has 0 radical (unpaired) electrons. The molecular formula is C22H20FN5O3. The summed E-state index contributed by atoms with van der Waals surface area (Å²) >= 11 is 0. The third kappa shape index (κ3) is 5.63. The number of hydrogen-bond donors (Lipinski definition) is 2. The van der Waals surface area contributed by atoms with E-state index >= 15 is 0 Å². The van der Waals surface area contributed by atoms with Gasteiger partial charge in [0.05, 0.1) is 11.4 Å². The van der Waals surface area contributed by atoms with E-state index in [4.69, 9.17) is 11.5 Å². The molecule has 3 amide bonds. The molecule has 4 N–H and O–H groups in total. The Morgan fingerprint density at radius 3 is 2.16 bits per heavy atom. The number of aromatic nitrogens is 2. The summed E-state index contributed by atoms with van der Waals surface area (Å²) in [6, 6.07) is 15.1. The molecule has 0 saturated heterocycles. The van der Waals surface area contributed by atoms with E-state index in [1.54, 1.807) is 23.0 Å². The van der Waals surface area contributed by atoms with Crippen molar-refractivity contribution in [1.82, 2.24) is 14.7 Å². The highest BCUT2D eigenvalue weighted by atomic mass is 19.1. The molecule has 1 heterocycles. The molecule has 0 bridgehead atoms. The molecule has 31 heavy (non-hydrogen) atoms. The van der Waals surface area contributed by atoms with Gasteiger partial charge in [-0.3, -0.25) is 14.4 Å². The van der Waals surface area contributed by atoms with Crippen molar-refractivity contribution < 1.29 is 18.8 Å². The molecule has 3 aromatic rings. The van der Waals surface area contributed by atoms with Crippen LogP contribution in [-0.4, -0.2) is 45.5 Å². The summed E-state index contributed by atoms with van der Waals surface area (Å²) in [5.74, 6) is -2.54. The third-order valence-corrected chi connectivity index (χ3v) is 4.29. The van der Waals surface area contributed by atoms with Crippen LogP contribution in [0, 0.1) is 5.82 Å². The Labute approximate surface area is 177 Å². The third-order valence-electron chi connectivity index (χ3n) is 4.29. The van der Waals surface area contributed by atoms with E-state index in [2.05, 4.69) is 5.10 Å². The Balaban J connectivity index is 1.97. The second kappa shape index (κ2) is 9.49. The summed E-state index contributed by atoms with van der Waals surface area (Å²) in [4.78, 5) is 35.9. The summed E-state index contributed by atoms with van der Waals surface area (Å²) in [5, 5.41) is 4.57. The molecule has 0 atom stereocenters. The van der Waals surface area contributed by atoms with Crippen LogP contribution in [0.3, 0.4) is 0 Å². The Morgan fingerprint density at radius 1 is 0.968 bits per heavy atom. The van der Waals surface area contributed by atoms with Crippen molar-refractivity contribution in [2.45, 2.75) is 0 Å². The fourth-order valence-corrected chi connectivity index (χ4v) is 2.91. The molecule has 1 aromatic heterocycles. The number of hydrogen-bond acceptors (Lipinski definition) is 4. The van der Waals surface area contributed by atoms with Gasteiger partial charge in [-0.2, -0.15) is 5.10 Å². The molecule has 3 rings (SSSR count). The maximum Gasteiger partial charge on any atom is 0.247 e. The highest BCUT2D eigenvalue weighted by Crippen LogP contribution is 2.25. The highest BCUT2D eigenvalue weighted by Gasteiger charge is 2.17. The molecule has 158 valence electrons. The molecule has 0 aliphatic rings. The summed E-state index contributed by atoms with van der Waals surface area (Å²) in [5.41, 5.74) is 12.8. The molecular weight excluding hydrogens is 401 g/mol. The fourth-order valence-electron chi connectivity index (χ4n) is 2.91. The number of amides is 3. The molecule has 0 unspecified atom stereocenters. The van der Waals surface area contributed by atoms with Crippen LogP contribution < -0.4 is 11.5 Å². The van der Waals surface area contributed by atoms with Crippen molar-refractivity contribution in [1.29, 1.82) is 0 Å². The minimum absolute atomic E-state index is 0.382. The molecule has 9 heteroatoms. The van der Waals surface area contributed by atoms with E-state index in [-0.39, 0.29) is 5.82 Å². The van der Waals surface area contributed by atoms with Crippen molar-refractivity contribution in [2.75, 3.05) is 13.1 Å². The lowest BCUT2D eigenvalue weighted by atomic mass is 10.1. The lowest BCUT2D eigenvalue weighted by molar-refractivity contribution is -0.134. The average Bonchev–Trinajstić information content (AvgIpc) is 3.16. The van der Waals surface area contributed by atoms with Gasteiger partial charge in [0.25, 0.3) is 0 Å². The van der Waals surface area contributed by atoms with Crippen LogP contribution >= 0.6 is 0 Å². The number of rotatable bonds is 8. The second-order valence-electron chi connectivity index (χ2n) is 6.68. The van der Waals surface area contributed by atoms with Crippen molar-refractivity contribution >= 4 is 23.8 Å². The van der Waals surface area contributed by atoms with E-state index in [9.17, 15) is 18.8 Å². The standard InChI is InChI=1S/C22H20FN5O3/c23-17-9-6-15(7-10-17)22-16(12-28(26-22)18-4-2-1-3-5-18)8-11-21(31)27(13-19(24)29)14-20(25)30/h1-12H,13-14H2,(H2,24,29)(H2,25,30)/b11-8+. The summed E-state index contributed by atoms with van der Waals surface area (Å²) in [6.45, 7) is -0.888. The van der Waals surface area contributed by atoms with Crippen LogP contribution in [-0.2, 0) is 14.4 Å². The Bertz CT molecular complexity index is 1110. The van der Waals surface area contributed by atoms with Crippen molar-refractivity contribution in [3.63, 3.8) is 0 Å². The van der Waals surface area contributed by atoms with Gasteiger partial charge in [-0.15, -0.1) is 0 Å². The second-order valence-corrected chi connectivity index (χ2v) is 6.68. The quantitative estimate of drug-likeness (QED) is 0.535. The molecule has 0 aliphatic heterocycles. The highest BCUT2D eigenvalue weighted by molar-refractivity contribution is 5.97. The largest absolute Gasteiger partial charge is 0.368 e. The zero-order valence-corrected chi connectivity index (χ0v) is 16.4. The first kappa shape index (κ1) is 21.4. The van der Waals surface area contributed by atoms with Crippen molar-refractivity contribution in [3.8, 4) is 16.9 Å². The number of primary amides is 2.